The Balaban J connectivity index is 0. The SMILES string of the molecule is C=Cc1[nH]c(=O)[nH]c1C=C.[HH].[HH]. The molecule has 2 N–H and O–H groups in total. The van der Waals surface area contributed by atoms with Gasteiger partial charge in [-0.1, -0.05) is 13.2 Å². The molecule has 3 heteroatoms. The van der Waals surface area contributed by atoms with Crippen LogP contribution in [0.25, 0.3) is 12.2 Å². The quantitative estimate of drug-likeness (QED) is 0.642. The number of aromatic nitrogens is 2. The van der Waals surface area contributed by atoms with Crippen LogP contribution in [0.3, 0.4) is 0 Å². The van der Waals surface area contributed by atoms with Gasteiger partial charge in [-0.3, -0.25) is 0 Å². The highest BCUT2D eigenvalue weighted by Gasteiger charge is 1.96. The second kappa shape index (κ2) is 2.39. The van der Waals surface area contributed by atoms with E-state index in [1.54, 1.807) is 12.2 Å². The average molecular weight is 140 g/mol. The van der Waals surface area contributed by atoms with Gasteiger partial charge in [-0.2, -0.15) is 0 Å². The molecule has 0 saturated heterocycles. The molecule has 56 valence electrons. The molecule has 1 aromatic heterocycles. The van der Waals surface area contributed by atoms with Crippen molar-refractivity contribution in [2.24, 2.45) is 0 Å². The first-order valence-corrected chi connectivity index (χ1v) is 2.85. The molecule has 10 heavy (non-hydrogen) atoms. The minimum atomic E-state index is -0.232. The second-order valence-corrected chi connectivity index (χ2v) is 1.81. The Morgan fingerprint density at radius 2 is 1.60 bits per heavy atom. The van der Waals surface area contributed by atoms with E-state index in [0.29, 0.717) is 11.4 Å². The maximum Gasteiger partial charge on any atom is 0.323 e. The van der Waals surface area contributed by atoms with Crippen molar-refractivity contribution in [3.05, 3.63) is 35.0 Å². The lowest BCUT2D eigenvalue weighted by Gasteiger charge is -1.84. The van der Waals surface area contributed by atoms with E-state index in [2.05, 4.69) is 23.1 Å². The van der Waals surface area contributed by atoms with Crippen molar-refractivity contribution in [1.29, 1.82) is 0 Å². The Hall–Kier alpha value is -1.51. The van der Waals surface area contributed by atoms with Gasteiger partial charge in [0, 0.05) is 2.85 Å². The first kappa shape index (κ1) is 6.61. The number of hydrogen-bond acceptors (Lipinski definition) is 1. The van der Waals surface area contributed by atoms with Crippen LogP contribution in [0.1, 0.15) is 14.2 Å². The van der Waals surface area contributed by atoms with Crippen molar-refractivity contribution in [2.45, 2.75) is 0 Å². The van der Waals surface area contributed by atoms with E-state index in [1.807, 2.05) is 0 Å². The van der Waals surface area contributed by atoms with Crippen molar-refractivity contribution in [3.8, 4) is 0 Å². The zero-order valence-corrected chi connectivity index (χ0v) is 5.48. The first-order valence-electron chi connectivity index (χ1n) is 2.85. The zero-order valence-electron chi connectivity index (χ0n) is 5.48. The molecule has 3 nitrogen and oxygen atoms in total. The summed E-state index contributed by atoms with van der Waals surface area (Å²) >= 11 is 0. The lowest BCUT2D eigenvalue weighted by atomic mass is 10.3. The molecular formula is C7H12N2O. The van der Waals surface area contributed by atoms with E-state index in [0.717, 1.165) is 0 Å². The first-order chi connectivity index (χ1) is 4.77. The van der Waals surface area contributed by atoms with Gasteiger partial charge >= 0.3 is 5.69 Å². The van der Waals surface area contributed by atoms with Crippen LogP contribution in [-0.4, -0.2) is 9.97 Å². The molecule has 0 aliphatic rings. The summed E-state index contributed by atoms with van der Waals surface area (Å²) in [6.45, 7) is 7.03. The van der Waals surface area contributed by atoms with Gasteiger partial charge in [0.15, 0.2) is 0 Å². The van der Waals surface area contributed by atoms with Crippen LogP contribution in [0, 0.1) is 0 Å². The average Bonchev–Trinajstić information content (AvgIpc) is 2.30. The number of rotatable bonds is 2. The van der Waals surface area contributed by atoms with E-state index < -0.39 is 0 Å². The fourth-order valence-electron chi connectivity index (χ4n) is 0.733. The number of aromatic amines is 2. The molecule has 1 heterocycles. The van der Waals surface area contributed by atoms with Gasteiger partial charge in [0.2, 0.25) is 0 Å². The Labute approximate surface area is 61.1 Å². The Bertz CT molecular complexity index is 285. The summed E-state index contributed by atoms with van der Waals surface area (Å²) in [6.07, 6.45) is 3.13. The summed E-state index contributed by atoms with van der Waals surface area (Å²) in [5.41, 5.74) is 1.13. The third-order valence-corrected chi connectivity index (χ3v) is 1.19. The summed E-state index contributed by atoms with van der Waals surface area (Å²) in [7, 11) is 0. The maximum atomic E-state index is 10.6. The van der Waals surface area contributed by atoms with Crippen LogP contribution in [0.4, 0.5) is 0 Å². The molecule has 0 saturated carbocycles. The molecule has 0 radical (unpaired) electrons. The molecule has 0 spiro atoms. The van der Waals surface area contributed by atoms with E-state index in [4.69, 9.17) is 0 Å². The van der Waals surface area contributed by atoms with Crippen LogP contribution < -0.4 is 5.69 Å². The van der Waals surface area contributed by atoms with Crippen LogP contribution in [0.15, 0.2) is 18.0 Å². The maximum absolute atomic E-state index is 10.6. The monoisotopic (exact) mass is 140 g/mol. The lowest BCUT2D eigenvalue weighted by molar-refractivity contribution is 1.18. The van der Waals surface area contributed by atoms with Gasteiger partial charge in [-0.15, -0.1) is 0 Å². The normalized spacial score (nSPS) is 9.20. The van der Waals surface area contributed by atoms with Gasteiger partial charge in [0.1, 0.15) is 0 Å². The number of H-pyrrole nitrogens is 2. The highest BCUT2D eigenvalue weighted by molar-refractivity contribution is 5.56. The lowest BCUT2D eigenvalue weighted by Crippen LogP contribution is -2.00. The smallest absolute Gasteiger partial charge is 0.306 e. The molecular weight excluding hydrogens is 128 g/mol. The predicted octanol–water partition coefficient (Wildman–Crippen LogP) is 1.48. The molecule has 0 bridgehead atoms. The van der Waals surface area contributed by atoms with E-state index in [9.17, 15) is 4.79 Å². The van der Waals surface area contributed by atoms with Crippen LogP contribution in [-0.2, 0) is 0 Å². The molecule has 0 fully saturated rings. The van der Waals surface area contributed by atoms with Crippen molar-refractivity contribution in [3.63, 3.8) is 0 Å². The van der Waals surface area contributed by atoms with E-state index >= 15 is 0 Å². The van der Waals surface area contributed by atoms with Crippen molar-refractivity contribution in [1.82, 2.24) is 9.97 Å². The molecule has 0 amide bonds. The van der Waals surface area contributed by atoms with E-state index in [-0.39, 0.29) is 8.54 Å². The van der Waals surface area contributed by atoms with Gasteiger partial charge in [0.25, 0.3) is 0 Å². The standard InChI is InChI=1S/C7H8N2O.2H2/c1-3-5-6(4-2)9-7(10)8-5;;/h3-4H,1-2H2,(H2,8,9,10);2*1H. The summed E-state index contributed by atoms with van der Waals surface area (Å²) in [5, 5.41) is 0. The van der Waals surface area contributed by atoms with Gasteiger partial charge in [0.05, 0.1) is 11.4 Å². The largest absolute Gasteiger partial charge is 0.323 e. The van der Waals surface area contributed by atoms with E-state index in [1.165, 1.54) is 0 Å². The molecule has 0 aliphatic carbocycles. The summed E-state index contributed by atoms with van der Waals surface area (Å²) in [6, 6.07) is 0. The highest BCUT2D eigenvalue weighted by atomic mass is 16.1. The summed E-state index contributed by atoms with van der Waals surface area (Å²) in [5.74, 6) is 0. The summed E-state index contributed by atoms with van der Waals surface area (Å²) in [4.78, 5) is 15.7. The summed E-state index contributed by atoms with van der Waals surface area (Å²) < 4.78 is 0. The van der Waals surface area contributed by atoms with Crippen molar-refractivity contribution >= 4 is 12.2 Å². The van der Waals surface area contributed by atoms with Gasteiger partial charge < -0.3 is 9.97 Å². The molecule has 0 atom stereocenters. The second-order valence-electron chi connectivity index (χ2n) is 1.81. The van der Waals surface area contributed by atoms with Gasteiger partial charge in [-0.05, 0) is 12.2 Å². The van der Waals surface area contributed by atoms with Gasteiger partial charge in [-0.25, -0.2) is 4.79 Å². The highest BCUT2D eigenvalue weighted by Crippen LogP contribution is 2.01. The van der Waals surface area contributed by atoms with Crippen molar-refractivity contribution in [2.75, 3.05) is 0 Å². The molecule has 0 unspecified atom stereocenters. The van der Waals surface area contributed by atoms with Crippen LogP contribution in [0.2, 0.25) is 0 Å². The number of hydrogen-bond donors (Lipinski definition) is 2. The Kier molecular flexibility index (Phi) is 1.58. The number of imidazole rings is 1. The van der Waals surface area contributed by atoms with Crippen molar-refractivity contribution < 1.29 is 2.85 Å². The topological polar surface area (TPSA) is 48.6 Å². The van der Waals surface area contributed by atoms with Crippen LogP contribution >= 0.6 is 0 Å². The predicted molar refractivity (Wildman–Crippen MR) is 45.8 cm³/mol. The van der Waals surface area contributed by atoms with Crippen LogP contribution in [0.5, 0.6) is 0 Å². The zero-order chi connectivity index (χ0) is 7.56. The molecule has 0 aromatic carbocycles. The number of nitrogens with one attached hydrogen (secondary N) is 2. The third-order valence-electron chi connectivity index (χ3n) is 1.19. The fraction of sp³-hybridized carbons (Fsp3) is 0. The minimum Gasteiger partial charge on any atom is -0.306 e. The fourth-order valence-corrected chi connectivity index (χ4v) is 0.733. The third kappa shape index (κ3) is 0.932. The Morgan fingerprint density at radius 3 is 1.90 bits per heavy atom. The Morgan fingerprint density at radius 1 is 1.20 bits per heavy atom. The molecule has 1 rings (SSSR count). The molecule has 1 aromatic rings. The molecule has 0 aliphatic heterocycles. The minimum absolute atomic E-state index is 0.